The van der Waals surface area contributed by atoms with Gasteiger partial charge in [-0.25, -0.2) is 0 Å². The predicted molar refractivity (Wildman–Crippen MR) is 101 cm³/mol. The second-order valence-electron chi connectivity index (χ2n) is 8.33. The zero-order valence-corrected chi connectivity index (χ0v) is 17.7. The van der Waals surface area contributed by atoms with E-state index in [1.165, 1.54) is 0 Å². The number of aliphatic hydroxyl groups excluding tert-OH is 11. The number of rotatable bonds is 7. The summed E-state index contributed by atoms with van der Waals surface area (Å²) in [5.74, 6) is 0. The molecule has 3 saturated heterocycles. The van der Waals surface area contributed by atoms with E-state index in [0.29, 0.717) is 0 Å². The van der Waals surface area contributed by atoms with Crippen LogP contribution in [0.4, 0.5) is 0 Å². The number of aliphatic hydroxyl groups is 11. The van der Waals surface area contributed by atoms with Crippen LogP contribution in [0, 0.1) is 0 Å². The summed E-state index contributed by atoms with van der Waals surface area (Å²) >= 11 is 0. The van der Waals surface area contributed by atoms with Crippen LogP contribution in [-0.4, -0.2) is 168 Å². The van der Waals surface area contributed by atoms with E-state index in [1.807, 2.05) is 0 Å². The van der Waals surface area contributed by atoms with Crippen molar-refractivity contribution in [1.29, 1.82) is 0 Å². The molecule has 10 unspecified atom stereocenters. The van der Waals surface area contributed by atoms with Crippen LogP contribution in [0.3, 0.4) is 0 Å². The van der Waals surface area contributed by atoms with Gasteiger partial charge < -0.3 is 79.9 Å². The quantitative estimate of drug-likeness (QED) is 0.154. The highest BCUT2D eigenvalue weighted by Crippen LogP contribution is 2.32. The lowest BCUT2D eigenvalue weighted by atomic mass is 9.96. The maximum absolute atomic E-state index is 10.6. The third kappa shape index (κ3) is 5.37. The second-order valence-corrected chi connectivity index (χ2v) is 8.33. The summed E-state index contributed by atoms with van der Waals surface area (Å²) in [6.45, 7) is -2.32. The molecule has 16 heteroatoms. The van der Waals surface area contributed by atoms with Crippen LogP contribution >= 0.6 is 0 Å². The molecular formula is C18H32O16. The van der Waals surface area contributed by atoms with E-state index in [4.69, 9.17) is 23.7 Å². The van der Waals surface area contributed by atoms with Crippen LogP contribution in [-0.2, 0) is 23.7 Å². The summed E-state index contributed by atoms with van der Waals surface area (Å²) in [5.41, 5.74) is 0. The Labute approximate surface area is 192 Å². The Hall–Kier alpha value is -0.640. The van der Waals surface area contributed by atoms with Crippen molar-refractivity contribution in [3.8, 4) is 0 Å². The number of ether oxygens (including phenoxy) is 5. The highest BCUT2D eigenvalue weighted by molar-refractivity contribution is 4.96. The molecule has 15 atom stereocenters. The SMILES string of the molecule is OCC1OC(O[C@H]2C(CO)OC(O[C@H]3C(CO)OC(O)C(O)[C@H]3O)C(O)[C@H]2O)C(O)[C@@H](O)C1O. The van der Waals surface area contributed by atoms with E-state index in [1.54, 1.807) is 0 Å². The molecular weight excluding hydrogens is 472 g/mol. The Morgan fingerprint density at radius 1 is 0.441 bits per heavy atom. The Morgan fingerprint density at radius 2 is 0.853 bits per heavy atom. The minimum Gasteiger partial charge on any atom is -0.394 e. The largest absolute Gasteiger partial charge is 0.394 e. The minimum absolute atomic E-state index is 0.741. The maximum Gasteiger partial charge on any atom is 0.187 e. The normalized spacial score (nSPS) is 52.5. The van der Waals surface area contributed by atoms with E-state index in [2.05, 4.69) is 0 Å². The molecule has 0 radical (unpaired) electrons. The van der Waals surface area contributed by atoms with E-state index in [0.717, 1.165) is 0 Å². The van der Waals surface area contributed by atoms with E-state index in [9.17, 15) is 56.2 Å². The van der Waals surface area contributed by atoms with Gasteiger partial charge in [0.05, 0.1) is 19.8 Å². The Morgan fingerprint density at radius 3 is 1.35 bits per heavy atom. The summed E-state index contributed by atoms with van der Waals surface area (Å²) < 4.78 is 26.4. The molecule has 0 aromatic rings. The average molecular weight is 504 g/mol. The van der Waals surface area contributed by atoms with Gasteiger partial charge in [-0.2, -0.15) is 0 Å². The molecule has 11 N–H and O–H groups in total. The van der Waals surface area contributed by atoms with Gasteiger partial charge in [0.15, 0.2) is 18.9 Å². The maximum atomic E-state index is 10.6. The first-order chi connectivity index (χ1) is 16.0. The van der Waals surface area contributed by atoms with Crippen LogP contribution in [0.1, 0.15) is 0 Å². The molecule has 0 saturated carbocycles. The Balaban J connectivity index is 1.72. The van der Waals surface area contributed by atoms with Crippen molar-refractivity contribution in [2.24, 2.45) is 0 Å². The van der Waals surface area contributed by atoms with Gasteiger partial charge in [0, 0.05) is 0 Å². The lowest BCUT2D eigenvalue weighted by Gasteiger charge is -2.47. The molecule has 3 aliphatic heterocycles. The fraction of sp³-hybridized carbons (Fsp3) is 1.00. The van der Waals surface area contributed by atoms with Gasteiger partial charge in [0.2, 0.25) is 0 Å². The summed E-state index contributed by atoms with van der Waals surface area (Å²) in [4.78, 5) is 0. The van der Waals surface area contributed by atoms with Gasteiger partial charge in [-0.3, -0.25) is 0 Å². The van der Waals surface area contributed by atoms with Crippen LogP contribution in [0.25, 0.3) is 0 Å². The Kier molecular flexibility index (Phi) is 9.54. The van der Waals surface area contributed by atoms with Gasteiger partial charge in [0.1, 0.15) is 73.2 Å². The molecule has 3 aliphatic rings. The number of hydrogen-bond donors (Lipinski definition) is 11. The van der Waals surface area contributed by atoms with Crippen molar-refractivity contribution < 1.29 is 79.9 Å². The van der Waals surface area contributed by atoms with Crippen molar-refractivity contribution in [2.75, 3.05) is 19.8 Å². The zero-order valence-electron chi connectivity index (χ0n) is 17.7. The van der Waals surface area contributed by atoms with E-state index in [-0.39, 0.29) is 0 Å². The first-order valence-electron chi connectivity index (χ1n) is 10.6. The topological polar surface area (TPSA) is 269 Å². The molecule has 3 rings (SSSR count). The van der Waals surface area contributed by atoms with E-state index < -0.39 is 112 Å². The van der Waals surface area contributed by atoms with Gasteiger partial charge in [-0.05, 0) is 0 Å². The summed E-state index contributed by atoms with van der Waals surface area (Å²) in [6, 6.07) is 0. The smallest absolute Gasteiger partial charge is 0.187 e. The van der Waals surface area contributed by atoms with Gasteiger partial charge >= 0.3 is 0 Å². The molecule has 200 valence electrons. The van der Waals surface area contributed by atoms with E-state index >= 15 is 0 Å². The average Bonchev–Trinajstić information content (AvgIpc) is 2.83. The van der Waals surface area contributed by atoms with Crippen molar-refractivity contribution in [3.05, 3.63) is 0 Å². The third-order valence-electron chi connectivity index (χ3n) is 6.09. The molecule has 0 bridgehead atoms. The zero-order chi connectivity index (χ0) is 25.3. The van der Waals surface area contributed by atoms with Crippen LogP contribution in [0.15, 0.2) is 0 Å². The van der Waals surface area contributed by atoms with Gasteiger partial charge in [-0.15, -0.1) is 0 Å². The standard InChI is InChI=1S/C18H32O16/c19-1-4-7(22)8(23)12(27)17(31-4)34-15-6(3-21)32-18(13(28)10(15)25)33-14-5(2-20)30-16(29)11(26)9(14)24/h4-29H,1-3H2/t4?,5?,6?,7?,8-,9+,10+,11?,12?,13?,14-,15-,16?,17?,18?/m0/s1. The highest BCUT2D eigenvalue weighted by atomic mass is 16.8. The summed E-state index contributed by atoms with van der Waals surface area (Å²) in [7, 11) is 0. The van der Waals surface area contributed by atoms with Crippen molar-refractivity contribution >= 4 is 0 Å². The van der Waals surface area contributed by atoms with Crippen LogP contribution in [0.5, 0.6) is 0 Å². The minimum atomic E-state index is -1.91. The molecule has 0 aromatic heterocycles. The van der Waals surface area contributed by atoms with Crippen LogP contribution < -0.4 is 0 Å². The lowest BCUT2D eigenvalue weighted by molar-refractivity contribution is -0.377. The molecule has 0 amide bonds. The predicted octanol–water partition coefficient (Wildman–Crippen LogP) is -7.57. The summed E-state index contributed by atoms with van der Waals surface area (Å²) in [6.07, 6.45) is -25.1. The fourth-order valence-electron chi connectivity index (χ4n) is 4.06. The lowest BCUT2D eigenvalue weighted by Crippen LogP contribution is -2.66. The molecule has 3 fully saturated rings. The molecule has 16 nitrogen and oxygen atoms in total. The van der Waals surface area contributed by atoms with Crippen molar-refractivity contribution in [3.63, 3.8) is 0 Å². The summed E-state index contributed by atoms with van der Waals surface area (Å²) in [5, 5.41) is 109. The molecule has 0 aliphatic carbocycles. The number of hydrogen-bond acceptors (Lipinski definition) is 16. The molecule has 0 aromatic carbocycles. The fourth-order valence-corrected chi connectivity index (χ4v) is 4.06. The first-order valence-corrected chi connectivity index (χ1v) is 10.6. The highest BCUT2D eigenvalue weighted by Gasteiger charge is 2.53. The van der Waals surface area contributed by atoms with Gasteiger partial charge in [0.25, 0.3) is 0 Å². The van der Waals surface area contributed by atoms with Crippen molar-refractivity contribution in [2.45, 2.75) is 92.1 Å². The molecule has 34 heavy (non-hydrogen) atoms. The van der Waals surface area contributed by atoms with Crippen LogP contribution in [0.2, 0.25) is 0 Å². The Bertz CT molecular complexity index is 635. The molecule has 3 heterocycles. The third-order valence-corrected chi connectivity index (χ3v) is 6.09. The molecule has 0 spiro atoms. The monoisotopic (exact) mass is 504 g/mol. The second kappa shape index (κ2) is 11.6. The van der Waals surface area contributed by atoms with Gasteiger partial charge in [-0.1, -0.05) is 0 Å². The first kappa shape index (κ1) is 27.9. The van der Waals surface area contributed by atoms with Crippen molar-refractivity contribution in [1.82, 2.24) is 0 Å².